The summed E-state index contributed by atoms with van der Waals surface area (Å²) in [4.78, 5) is 40.2. The Morgan fingerprint density at radius 2 is 1.24 bits per heavy atom. The normalized spacial score (nSPS) is 36.3. The van der Waals surface area contributed by atoms with Crippen molar-refractivity contribution < 1.29 is 80.8 Å². The Morgan fingerprint density at radius 1 is 0.712 bits per heavy atom. The summed E-state index contributed by atoms with van der Waals surface area (Å²) in [6.45, 7) is 3.62. The van der Waals surface area contributed by atoms with Crippen molar-refractivity contribution in [3.63, 3.8) is 0 Å². The smallest absolute Gasteiger partial charge is 0.251 e. The zero-order chi connectivity index (χ0) is 44.1. The molecule has 0 heterocycles. The molecule has 4 rings (SSSR count). The summed E-state index contributed by atoms with van der Waals surface area (Å²) in [5.41, 5.74) is -0.582. The van der Waals surface area contributed by atoms with Crippen molar-refractivity contribution in [1.29, 1.82) is 0 Å². The number of hydrogen-bond acceptors (Lipinski definition) is 16. The molecule has 19 heteroatoms. The molecule has 0 aromatic rings. The van der Waals surface area contributed by atoms with E-state index >= 15 is 0 Å². The highest BCUT2D eigenvalue weighted by molar-refractivity contribution is 5.82. The molecule has 342 valence electrons. The Kier molecular flexibility index (Phi) is 17.5. The quantitative estimate of drug-likeness (QED) is 0.0547. The minimum absolute atomic E-state index is 0.0184. The van der Waals surface area contributed by atoms with Crippen LogP contribution in [0.1, 0.15) is 78.6 Å². The summed E-state index contributed by atoms with van der Waals surface area (Å²) < 4.78 is 0. The Hall–Kier alpha value is -2.11. The molecule has 0 radical (unpaired) electrons. The zero-order valence-corrected chi connectivity index (χ0v) is 34.4. The van der Waals surface area contributed by atoms with Crippen molar-refractivity contribution in [3.8, 4) is 0 Å². The molecule has 4 aliphatic carbocycles. The van der Waals surface area contributed by atoms with E-state index in [1.165, 1.54) is 4.90 Å². The largest absolute Gasteiger partial charge is 0.394 e. The summed E-state index contributed by atoms with van der Waals surface area (Å²) in [5, 5.41) is 136. The molecule has 0 bridgehead atoms. The lowest BCUT2D eigenvalue weighted by atomic mass is 9.43. The summed E-state index contributed by atoms with van der Waals surface area (Å²) in [6, 6.07) is 0. The van der Waals surface area contributed by atoms with E-state index in [1.54, 1.807) is 0 Å². The van der Waals surface area contributed by atoms with Crippen molar-refractivity contribution in [2.75, 3.05) is 39.4 Å². The standard InChI is InChI=1S/C40H71N3O16/c1-19(22-5-6-23-30-24(16-28(50)40(22,23)3)39(2)9-8-21(46)14-20(39)15-25(30)47)4-7-29(51)43(12-10-41-37(58)35(56)33(54)31(52)26(48)17-44)13-11-42-38(59)36(57)34(55)32(53)27(49)18-45/h19-28,30-36,44-50,52-57H,4-18H2,1-3H3,(H,41,58)(H,42,59)/t19-,20-,21?,22?,23-,24-,25?,26?,27?,28?,30-,31?,32?,33?,34?,35?,36?,39?,40?/m0/s1. The van der Waals surface area contributed by atoms with Gasteiger partial charge in [0.25, 0.3) is 11.8 Å². The van der Waals surface area contributed by atoms with Crippen LogP contribution in [0.25, 0.3) is 0 Å². The lowest BCUT2D eigenvalue weighted by Crippen LogP contribution is -2.62. The third kappa shape index (κ3) is 10.6. The first-order valence-electron chi connectivity index (χ1n) is 21.2. The van der Waals surface area contributed by atoms with Gasteiger partial charge in [-0.1, -0.05) is 20.8 Å². The predicted octanol–water partition coefficient (Wildman–Crippen LogP) is -4.70. The molecule has 15 N–H and O–H groups in total. The molecule has 14 unspecified atom stereocenters. The van der Waals surface area contributed by atoms with Crippen LogP contribution in [-0.2, 0) is 14.4 Å². The van der Waals surface area contributed by atoms with Crippen LogP contribution in [0.4, 0.5) is 0 Å². The number of carbonyl (C=O) groups excluding carboxylic acids is 3. The molecule has 3 amide bonds. The average molecular weight is 850 g/mol. The maximum atomic E-state index is 13.8. The molecule has 4 saturated carbocycles. The SMILES string of the molecule is C[C@@H](CCC(=O)N(CCNC(=O)C(O)C(O)C(O)C(O)CO)CCNC(=O)C(O)C(O)C(O)C(O)CO)C1CC[C@H]2[C@@H]3C(O)C[C@@H]4CC(O)CCC4(C)[C@H]3CC(O)C12C. The van der Waals surface area contributed by atoms with Crippen molar-refractivity contribution in [3.05, 3.63) is 0 Å². The summed E-state index contributed by atoms with van der Waals surface area (Å²) in [7, 11) is 0. The highest BCUT2D eigenvalue weighted by Crippen LogP contribution is 2.68. The second kappa shape index (κ2) is 20.8. The maximum Gasteiger partial charge on any atom is 0.251 e. The molecule has 0 aromatic heterocycles. The number of aliphatic hydroxyl groups is 13. The fraction of sp³-hybridized carbons (Fsp3) is 0.925. The van der Waals surface area contributed by atoms with E-state index in [0.29, 0.717) is 32.1 Å². The van der Waals surface area contributed by atoms with Crippen LogP contribution in [0.2, 0.25) is 0 Å². The van der Waals surface area contributed by atoms with Gasteiger partial charge in [0.1, 0.15) is 36.6 Å². The van der Waals surface area contributed by atoms with E-state index in [4.69, 9.17) is 10.2 Å². The number of amides is 3. The van der Waals surface area contributed by atoms with E-state index < -0.39 is 97.4 Å². The van der Waals surface area contributed by atoms with Gasteiger partial charge in [0.2, 0.25) is 5.91 Å². The molecule has 19 nitrogen and oxygen atoms in total. The van der Waals surface area contributed by atoms with Crippen LogP contribution in [0, 0.1) is 46.3 Å². The topological polar surface area (TPSA) is 342 Å². The van der Waals surface area contributed by atoms with E-state index in [-0.39, 0.29) is 79.6 Å². The second-order valence-electron chi connectivity index (χ2n) is 18.4. The fourth-order valence-electron chi connectivity index (χ4n) is 11.4. The van der Waals surface area contributed by atoms with Crippen molar-refractivity contribution in [1.82, 2.24) is 15.5 Å². The molecule has 0 spiro atoms. The van der Waals surface area contributed by atoms with Crippen LogP contribution >= 0.6 is 0 Å². The highest BCUT2D eigenvalue weighted by Gasteiger charge is 2.65. The molecule has 0 aliphatic heterocycles. The fourth-order valence-corrected chi connectivity index (χ4v) is 11.4. The Bertz CT molecular complexity index is 1350. The lowest BCUT2D eigenvalue weighted by molar-refractivity contribution is -0.207. The first kappa shape index (κ1) is 49.5. The number of aliphatic hydroxyl groups excluding tert-OH is 13. The Balaban J connectivity index is 1.41. The Morgan fingerprint density at radius 3 is 1.75 bits per heavy atom. The molecule has 4 fully saturated rings. The molecular formula is C40H71N3O16. The first-order chi connectivity index (χ1) is 27.6. The molecular weight excluding hydrogens is 778 g/mol. The maximum absolute atomic E-state index is 13.8. The number of fused-ring (bicyclic) bond motifs is 5. The molecule has 0 saturated heterocycles. The van der Waals surface area contributed by atoms with Gasteiger partial charge in [0.15, 0.2) is 12.2 Å². The summed E-state index contributed by atoms with van der Waals surface area (Å²) >= 11 is 0. The van der Waals surface area contributed by atoms with Crippen LogP contribution in [-0.4, -0.2) is 196 Å². The summed E-state index contributed by atoms with van der Waals surface area (Å²) in [6.07, 6.45) is -12.5. The first-order valence-corrected chi connectivity index (χ1v) is 21.2. The van der Waals surface area contributed by atoms with Gasteiger partial charge < -0.3 is 81.9 Å². The number of rotatable bonds is 20. The minimum Gasteiger partial charge on any atom is -0.394 e. The third-order valence-corrected chi connectivity index (χ3v) is 15.1. The number of nitrogens with one attached hydrogen (secondary N) is 2. The van der Waals surface area contributed by atoms with Gasteiger partial charge in [0, 0.05) is 32.6 Å². The van der Waals surface area contributed by atoms with Crippen molar-refractivity contribution in [2.24, 2.45) is 46.3 Å². The second-order valence-corrected chi connectivity index (χ2v) is 18.4. The van der Waals surface area contributed by atoms with Gasteiger partial charge in [-0.2, -0.15) is 0 Å². The number of hydrogen-bond donors (Lipinski definition) is 15. The monoisotopic (exact) mass is 849 g/mol. The van der Waals surface area contributed by atoms with Gasteiger partial charge in [-0.25, -0.2) is 0 Å². The predicted molar refractivity (Wildman–Crippen MR) is 207 cm³/mol. The molecule has 19 atom stereocenters. The van der Waals surface area contributed by atoms with Gasteiger partial charge in [0.05, 0.1) is 31.5 Å². The van der Waals surface area contributed by atoms with Crippen LogP contribution in [0.5, 0.6) is 0 Å². The van der Waals surface area contributed by atoms with Crippen LogP contribution in [0.3, 0.4) is 0 Å². The van der Waals surface area contributed by atoms with Crippen LogP contribution < -0.4 is 10.6 Å². The minimum atomic E-state index is -2.21. The number of nitrogens with zero attached hydrogens (tertiary/aromatic N) is 1. The van der Waals surface area contributed by atoms with Gasteiger partial charge in [-0.3, -0.25) is 14.4 Å². The van der Waals surface area contributed by atoms with Crippen LogP contribution in [0.15, 0.2) is 0 Å². The van der Waals surface area contributed by atoms with E-state index in [1.807, 2.05) is 6.92 Å². The van der Waals surface area contributed by atoms with E-state index in [2.05, 4.69) is 24.5 Å². The average Bonchev–Trinajstić information content (AvgIpc) is 3.58. The number of carbonyl (C=O) groups is 3. The molecule has 0 aromatic carbocycles. The Labute approximate surface area is 345 Å². The summed E-state index contributed by atoms with van der Waals surface area (Å²) in [5.74, 6) is -2.28. The van der Waals surface area contributed by atoms with E-state index in [0.717, 1.165) is 19.3 Å². The van der Waals surface area contributed by atoms with Gasteiger partial charge in [-0.05, 0) is 97.7 Å². The third-order valence-electron chi connectivity index (χ3n) is 15.1. The van der Waals surface area contributed by atoms with Crippen molar-refractivity contribution in [2.45, 2.75) is 146 Å². The van der Waals surface area contributed by atoms with Crippen molar-refractivity contribution >= 4 is 17.7 Å². The van der Waals surface area contributed by atoms with Gasteiger partial charge >= 0.3 is 0 Å². The molecule has 59 heavy (non-hydrogen) atoms. The van der Waals surface area contributed by atoms with Gasteiger partial charge in [-0.15, -0.1) is 0 Å². The zero-order valence-electron chi connectivity index (χ0n) is 34.4. The highest BCUT2D eigenvalue weighted by atomic mass is 16.4. The lowest BCUT2D eigenvalue weighted by Gasteiger charge is -2.63. The molecule has 4 aliphatic rings. The van der Waals surface area contributed by atoms with E-state index in [9.17, 15) is 70.6 Å².